The lowest BCUT2D eigenvalue weighted by atomic mass is 10.1. The third-order valence-corrected chi connectivity index (χ3v) is 2.76. The second kappa shape index (κ2) is 5.00. The maximum Gasteiger partial charge on any atom is 0.416 e. The molecule has 0 radical (unpaired) electrons. The molecule has 0 fully saturated rings. The molecule has 1 heterocycles. The zero-order valence-electron chi connectivity index (χ0n) is 9.94. The molecular formula is C12H12F3N3O. The lowest BCUT2D eigenvalue weighted by Gasteiger charge is -2.09. The van der Waals surface area contributed by atoms with Gasteiger partial charge in [-0.25, -0.2) is 4.98 Å². The van der Waals surface area contributed by atoms with Crippen molar-refractivity contribution in [2.45, 2.75) is 19.1 Å². The van der Waals surface area contributed by atoms with Gasteiger partial charge in [-0.15, -0.1) is 0 Å². The first-order valence-corrected chi connectivity index (χ1v) is 5.70. The van der Waals surface area contributed by atoms with Crippen LogP contribution in [0.5, 0.6) is 0 Å². The van der Waals surface area contributed by atoms with Crippen molar-refractivity contribution < 1.29 is 13.2 Å². The number of nitrogens with zero attached hydrogens (tertiary/aromatic N) is 2. The summed E-state index contributed by atoms with van der Waals surface area (Å²) in [6, 6.07) is 2.93. The summed E-state index contributed by atoms with van der Waals surface area (Å²) in [5.74, 6) is 0. The highest BCUT2D eigenvalue weighted by atomic mass is 19.4. The number of aryl methyl sites for hydroxylation is 1. The van der Waals surface area contributed by atoms with Gasteiger partial charge in [0.2, 0.25) is 0 Å². The Labute approximate surface area is 106 Å². The molecule has 0 aliphatic heterocycles. The molecule has 0 saturated carbocycles. The third kappa shape index (κ3) is 2.76. The predicted octanol–water partition coefficient (Wildman–Crippen LogP) is 1.76. The zero-order valence-corrected chi connectivity index (χ0v) is 9.94. The highest BCUT2D eigenvalue weighted by Crippen LogP contribution is 2.30. The Bertz CT molecular complexity index is 649. The number of aromatic nitrogens is 2. The lowest BCUT2D eigenvalue weighted by Crippen LogP contribution is -2.22. The number of fused-ring (bicyclic) bond motifs is 1. The molecule has 1 aromatic heterocycles. The summed E-state index contributed by atoms with van der Waals surface area (Å²) < 4.78 is 39.0. The zero-order chi connectivity index (χ0) is 14.0. The summed E-state index contributed by atoms with van der Waals surface area (Å²) in [5, 5.41) is 0.174. The Balaban J connectivity index is 2.51. The molecule has 19 heavy (non-hydrogen) atoms. The van der Waals surface area contributed by atoms with Gasteiger partial charge in [-0.2, -0.15) is 13.2 Å². The van der Waals surface area contributed by atoms with Crippen molar-refractivity contribution in [3.8, 4) is 0 Å². The van der Waals surface area contributed by atoms with Gasteiger partial charge in [-0.05, 0) is 31.2 Å². The van der Waals surface area contributed by atoms with Crippen LogP contribution in [-0.4, -0.2) is 16.1 Å². The topological polar surface area (TPSA) is 60.9 Å². The fourth-order valence-corrected chi connectivity index (χ4v) is 1.76. The average Bonchev–Trinajstić information content (AvgIpc) is 2.36. The molecule has 4 nitrogen and oxygen atoms in total. The predicted molar refractivity (Wildman–Crippen MR) is 64.7 cm³/mol. The smallest absolute Gasteiger partial charge is 0.330 e. The van der Waals surface area contributed by atoms with Crippen LogP contribution in [-0.2, 0) is 12.7 Å². The van der Waals surface area contributed by atoms with E-state index in [0.29, 0.717) is 19.5 Å². The quantitative estimate of drug-likeness (QED) is 0.925. The molecule has 0 bridgehead atoms. The SMILES string of the molecule is NCCCn1cnc2cc(C(F)(F)F)ccc2c1=O. The third-order valence-electron chi connectivity index (χ3n) is 2.76. The van der Waals surface area contributed by atoms with Crippen molar-refractivity contribution in [2.24, 2.45) is 5.73 Å². The highest BCUT2D eigenvalue weighted by molar-refractivity contribution is 5.78. The van der Waals surface area contributed by atoms with Crippen molar-refractivity contribution in [2.75, 3.05) is 6.54 Å². The molecule has 2 N–H and O–H groups in total. The summed E-state index contributed by atoms with van der Waals surface area (Å²) in [6.07, 6.45) is -2.58. The van der Waals surface area contributed by atoms with E-state index in [1.807, 2.05) is 0 Å². The van der Waals surface area contributed by atoms with Crippen LogP contribution in [0, 0.1) is 0 Å². The Kier molecular flexibility index (Phi) is 3.57. The van der Waals surface area contributed by atoms with Crippen molar-refractivity contribution in [1.82, 2.24) is 9.55 Å². The minimum absolute atomic E-state index is 0.0452. The fourth-order valence-electron chi connectivity index (χ4n) is 1.76. The van der Waals surface area contributed by atoms with E-state index in [1.54, 1.807) is 0 Å². The Morgan fingerprint density at radius 2 is 2.05 bits per heavy atom. The summed E-state index contributed by atoms with van der Waals surface area (Å²) in [4.78, 5) is 15.9. The van der Waals surface area contributed by atoms with E-state index in [0.717, 1.165) is 18.2 Å². The van der Waals surface area contributed by atoms with Crippen molar-refractivity contribution in [3.63, 3.8) is 0 Å². The first kappa shape index (κ1) is 13.5. The van der Waals surface area contributed by atoms with Gasteiger partial charge in [0.25, 0.3) is 5.56 Å². The molecule has 102 valence electrons. The first-order chi connectivity index (χ1) is 8.93. The highest BCUT2D eigenvalue weighted by Gasteiger charge is 2.30. The maximum absolute atomic E-state index is 12.5. The summed E-state index contributed by atoms with van der Waals surface area (Å²) in [6.45, 7) is 0.830. The van der Waals surface area contributed by atoms with Crippen LogP contribution in [0.2, 0.25) is 0 Å². The monoisotopic (exact) mass is 271 g/mol. The van der Waals surface area contributed by atoms with Gasteiger partial charge in [0, 0.05) is 6.54 Å². The average molecular weight is 271 g/mol. The largest absolute Gasteiger partial charge is 0.416 e. The number of nitrogens with two attached hydrogens (primary N) is 1. The Hall–Kier alpha value is -1.89. The molecule has 0 spiro atoms. The van der Waals surface area contributed by atoms with E-state index in [4.69, 9.17) is 5.73 Å². The number of alkyl halides is 3. The minimum Gasteiger partial charge on any atom is -0.330 e. The normalized spacial score (nSPS) is 12.0. The fraction of sp³-hybridized carbons (Fsp3) is 0.333. The maximum atomic E-state index is 12.5. The minimum atomic E-state index is -4.44. The molecule has 1 aromatic carbocycles. The molecule has 0 atom stereocenters. The molecule has 0 aliphatic carbocycles. The second-order valence-electron chi connectivity index (χ2n) is 4.12. The molecule has 2 rings (SSSR count). The van der Waals surface area contributed by atoms with Crippen LogP contribution >= 0.6 is 0 Å². The van der Waals surface area contributed by atoms with Gasteiger partial charge >= 0.3 is 6.18 Å². The molecular weight excluding hydrogens is 259 g/mol. The number of halogens is 3. The van der Waals surface area contributed by atoms with Gasteiger partial charge < -0.3 is 5.73 Å². The Morgan fingerprint density at radius 1 is 1.32 bits per heavy atom. The number of hydrogen-bond acceptors (Lipinski definition) is 3. The number of benzene rings is 1. The van der Waals surface area contributed by atoms with Crippen LogP contribution in [0.4, 0.5) is 13.2 Å². The molecule has 2 aromatic rings. The van der Waals surface area contributed by atoms with Crippen molar-refractivity contribution in [1.29, 1.82) is 0 Å². The molecule has 0 amide bonds. The van der Waals surface area contributed by atoms with Crippen LogP contribution < -0.4 is 11.3 Å². The van der Waals surface area contributed by atoms with Gasteiger partial charge in [0.05, 0.1) is 22.8 Å². The van der Waals surface area contributed by atoms with E-state index in [2.05, 4.69) is 4.98 Å². The van der Waals surface area contributed by atoms with Crippen LogP contribution in [0.25, 0.3) is 10.9 Å². The second-order valence-corrected chi connectivity index (χ2v) is 4.12. The van der Waals surface area contributed by atoms with Crippen LogP contribution in [0.15, 0.2) is 29.3 Å². The van der Waals surface area contributed by atoms with Gasteiger partial charge in [-0.1, -0.05) is 0 Å². The van der Waals surface area contributed by atoms with Crippen molar-refractivity contribution in [3.05, 3.63) is 40.4 Å². The summed E-state index contributed by atoms with van der Waals surface area (Å²) >= 11 is 0. The van der Waals surface area contributed by atoms with Crippen LogP contribution in [0.3, 0.4) is 0 Å². The lowest BCUT2D eigenvalue weighted by molar-refractivity contribution is -0.137. The van der Waals surface area contributed by atoms with E-state index >= 15 is 0 Å². The summed E-state index contributed by atoms with van der Waals surface area (Å²) in [7, 11) is 0. The molecule has 0 unspecified atom stereocenters. The number of rotatable bonds is 3. The van der Waals surface area contributed by atoms with Crippen molar-refractivity contribution >= 4 is 10.9 Å². The van der Waals surface area contributed by atoms with Gasteiger partial charge in [0.1, 0.15) is 0 Å². The standard InChI is InChI=1S/C12H12F3N3O/c13-12(14,15)8-2-3-9-10(6-8)17-7-18(11(9)19)5-1-4-16/h2-3,6-7H,1,4-5,16H2. The number of hydrogen-bond donors (Lipinski definition) is 1. The van der Waals surface area contributed by atoms with E-state index in [-0.39, 0.29) is 16.5 Å². The molecule has 0 aliphatic rings. The van der Waals surface area contributed by atoms with Gasteiger partial charge in [0.15, 0.2) is 0 Å². The summed E-state index contributed by atoms with van der Waals surface area (Å²) in [5.41, 5.74) is 4.22. The van der Waals surface area contributed by atoms with Gasteiger partial charge in [-0.3, -0.25) is 9.36 Å². The van der Waals surface area contributed by atoms with E-state index < -0.39 is 11.7 Å². The first-order valence-electron chi connectivity index (χ1n) is 5.70. The van der Waals surface area contributed by atoms with Crippen LogP contribution in [0.1, 0.15) is 12.0 Å². The molecule has 7 heteroatoms. The van der Waals surface area contributed by atoms with E-state index in [1.165, 1.54) is 10.9 Å². The van der Waals surface area contributed by atoms with E-state index in [9.17, 15) is 18.0 Å². The molecule has 0 saturated heterocycles. The Morgan fingerprint density at radius 3 is 2.68 bits per heavy atom.